The molecule has 0 radical (unpaired) electrons. The number of anilines is 2. The number of nitrogens with zero attached hydrogens (tertiary/aromatic N) is 3. The van der Waals surface area contributed by atoms with E-state index in [4.69, 9.17) is 11.6 Å². The maximum absolute atomic E-state index is 12.5. The summed E-state index contributed by atoms with van der Waals surface area (Å²) < 4.78 is 0. The number of hydrogen-bond donors (Lipinski definition) is 1. The van der Waals surface area contributed by atoms with E-state index in [-0.39, 0.29) is 23.7 Å². The second-order valence-electron chi connectivity index (χ2n) is 7.02. The first-order valence-corrected chi connectivity index (χ1v) is 9.70. The molecule has 1 aromatic carbocycles. The molecular formula is C18H21ClN4O2S. The van der Waals surface area contributed by atoms with Crippen LogP contribution in [0.5, 0.6) is 0 Å². The smallest absolute Gasteiger partial charge is 0.231 e. The predicted octanol–water partition coefficient (Wildman–Crippen LogP) is 3.87. The Morgan fingerprint density at radius 2 is 2.04 bits per heavy atom. The molecule has 1 aromatic heterocycles. The van der Waals surface area contributed by atoms with Crippen LogP contribution in [0.2, 0.25) is 5.02 Å². The molecule has 0 bridgehead atoms. The molecule has 0 saturated carbocycles. The van der Waals surface area contributed by atoms with E-state index >= 15 is 0 Å². The van der Waals surface area contributed by atoms with Gasteiger partial charge in [0, 0.05) is 29.1 Å². The predicted molar refractivity (Wildman–Crippen MR) is 104 cm³/mol. The van der Waals surface area contributed by atoms with E-state index in [1.807, 2.05) is 0 Å². The molecule has 1 fully saturated rings. The fourth-order valence-corrected chi connectivity index (χ4v) is 3.70. The van der Waals surface area contributed by atoms with Gasteiger partial charge in [0.15, 0.2) is 0 Å². The van der Waals surface area contributed by atoms with Crippen LogP contribution < -0.4 is 10.2 Å². The van der Waals surface area contributed by atoms with Crippen molar-refractivity contribution in [1.82, 2.24) is 10.2 Å². The maximum Gasteiger partial charge on any atom is 0.231 e. The van der Waals surface area contributed by atoms with Crippen LogP contribution in [0.3, 0.4) is 0 Å². The number of carbonyl (C=O) groups is 2. The van der Waals surface area contributed by atoms with Crippen molar-refractivity contribution in [2.45, 2.75) is 39.0 Å². The Hall–Kier alpha value is -1.99. The van der Waals surface area contributed by atoms with Crippen LogP contribution in [0.15, 0.2) is 24.3 Å². The SMILES string of the molecule is CCC(C)(C)c1nnc(NC(=O)[C@H]2CC(=O)N(c3ccc(Cl)cc3)C2)s1. The average Bonchev–Trinajstić information content (AvgIpc) is 3.23. The summed E-state index contributed by atoms with van der Waals surface area (Å²) in [6.07, 6.45) is 1.11. The minimum atomic E-state index is -0.412. The lowest BCUT2D eigenvalue weighted by atomic mass is 9.91. The first kappa shape index (κ1) is 18.8. The number of carbonyl (C=O) groups excluding carboxylic acids is 2. The third-order valence-electron chi connectivity index (χ3n) is 4.75. The van der Waals surface area contributed by atoms with Gasteiger partial charge in [-0.3, -0.25) is 9.59 Å². The molecule has 1 aliphatic rings. The van der Waals surface area contributed by atoms with Crippen LogP contribution in [0.25, 0.3) is 0 Å². The monoisotopic (exact) mass is 392 g/mol. The molecule has 1 N–H and O–H groups in total. The molecule has 3 rings (SSSR count). The van der Waals surface area contributed by atoms with Gasteiger partial charge in [-0.1, -0.05) is 43.7 Å². The first-order chi connectivity index (χ1) is 12.3. The van der Waals surface area contributed by atoms with Crippen LogP contribution in [0, 0.1) is 5.92 Å². The highest BCUT2D eigenvalue weighted by atomic mass is 35.5. The van der Waals surface area contributed by atoms with Gasteiger partial charge in [-0.05, 0) is 30.7 Å². The summed E-state index contributed by atoms with van der Waals surface area (Å²) in [7, 11) is 0. The van der Waals surface area contributed by atoms with Crippen molar-refractivity contribution in [2.75, 3.05) is 16.8 Å². The van der Waals surface area contributed by atoms with E-state index in [0.717, 1.165) is 17.1 Å². The van der Waals surface area contributed by atoms with Gasteiger partial charge in [0.2, 0.25) is 16.9 Å². The summed E-state index contributed by atoms with van der Waals surface area (Å²) in [5.41, 5.74) is 0.674. The number of aromatic nitrogens is 2. The molecule has 26 heavy (non-hydrogen) atoms. The van der Waals surface area contributed by atoms with Gasteiger partial charge in [-0.25, -0.2) is 0 Å². The zero-order valence-corrected chi connectivity index (χ0v) is 16.5. The fraction of sp³-hybridized carbons (Fsp3) is 0.444. The number of nitrogens with one attached hydrogen (secondary N) is 1. The molecule has 138 valence electrons. The summed E-state index contributed by atoms with van der Waals surface area (Å²) in [5.74, 6) is -0.686. The molecule has 8 heteroatoms. The molecule has 0 spiro atoms. The zero-order valence-electron chi connectivity index (χ0n) is 15.0. The van der Waals surface area contributed by atoms with Crippen LogP contribution in [-0.2, 0) is 15.0 Å². The minimum Gasteiger partial charge on any atom is -0.312 e. The number of benzene rings is 1. The summed E-state index contributed by atoms with van der Waals surface area (Å²) in [5, 5.41) is 13.0. The van der Waals surface area contributed by atoms with Gasteiger partial charge in [0.25, 0.3) is 0 Å². The molecule has 2 amide bonds. The van der Waals surface area contributed by atoms with E-state index in [2.05, 4.69) is 36.3 Å². The highest BCUT2D eigenvalue weighted by Gasteiger charge is 2.35. The van der Waals surface area contributed by atoms with Crippen molar-refractivity contribution >= 4 is 45.6 Å². The quantitative estimate of drug-likeness (QED) is 0.838. The number of amides is 2. The Kier molecular flexibility index (Phi) is 5.29. The molecule has 1 saturated heterocycles. The molecule has 2 heterocycles. The normalized spacial score (nSPS) is 17.6. The lowest BCUT2D eigenvalue weighted by Gasteiger charge is -2.17. The van der Waals surface area contributed by atoms with Crippen LogP contribution in [-0.4, -0.2) is 28.6 Å². The van der Waals surface area contributed by atoms with E-state index in [0.29, 0.717) is 16.7 Å². The summed E-state index contributed by atoms with van der Waals surface area (Å²) in [6, 6.07) is 7.03. The average molecular weight is 393 g/mol. The lowest BCUT2D eigenvalue weighted by molar-refractivity contribution is -0.122. The van der Waals surface area contributed by atoms with Gasteiger partial charge in [-0.2, -0.15) is 0 Å². The fourth-order valence-electron chi connectivity index (χ4n) is 2.66. The Morgan fingerprint density at radius 3 is 2.69 bits per heavy atom. The number of halogens is 1. The second-order valence-corrected chi connectivity index (χ2v) is 8.43. The summed E-state index contributed by atoms with van der Waals surface area (Å²) in [4.78, 5) is 26.5. The number of rotatable bonds is 5. The van der Waals surface area contributed by atoms with Gasteiger partial charge >= 0.3 is 0 Å². The molecule has 6 nitrogen and oxygen atoms in total. The van der Waals surface area contributed by atoms with Gasteiger partial charge < -0.3 is 10.2 Å². The van der Waals surface area contributed by atoms with Crippen LogP contribution >= 0.6 is 22.9 Å². The Balaban J connectivity index is 1.66. The largest absolute Gasteiger partial charge is 0.312 e. The van der Waals surface area contributed by atoms with E-state index in [9.17, 15) is 9.59 Å². The molecule has 0 aliphatic carbocycles. The van der Waals surface area contributed by atoms with E-state index < -0.39 is 5.92 Å². The second kappa shape index (κ2) is 7.32. The van der Waals surface area contributed by atoms with Crippen LogP contribution in [0.1, 0.15) is 38.6 Å². The standard InChI is InChI=1S/C18H21ClN4O2S/c1-4-18(2,3)16-21-22-17(26-16)20-15(25)11-9-14(24)23(10-11)13-7-5-12(19)6-8-13/h5-8,11H,4,9-10H2,1-3H3,(H,20,22,25)/t11-/m0/s1. The Bertz CT molecular complexity index is 819. The van der Waals surface area contributed by atoms with Gasteiger partial charge in [-0.15, -0.1) is 10.2 Å². The third-order valence-corrected chi connectivity index (χ3v) is 6.21. The first-order valence-electron chi connectivity index (χ1n) is 8.51. The topological polar surface area (TPSA) is 75.2 Å². The summed E-state index contributed by atoms with van der Waals surface area (Å²) >= 11 is 7.27. The third kappa shape index (κ3) is 3.88. The van der Waals surface area contributed by atoms with Crippen LogP contribution in [0.4, 0.5) is 10.8 Å². The highest BCUT2D eigenvalue weighted by molar-refractivity contribution is 7.15. The van der Waals surface area contributed by atoms with Crippen molar-refractivity contribution in [3.05, 3.63) is 34.3 Å². The molecule has 2 aromatic rings. The Morgan fingerprint density at radius 1 is 1.35 bits per heavy atom. The molecule has 1 atom stereocenters. The lowest BCUT2D eigenvalue weighted by Crippen LogP contribution is -2.28. The molecule has 0 unspecified atom stereocenters. The minimum absolute atomic E-state index is 0.0717. The summed E-state index contributed by atoms with van der Waals surface area (Å²) in [6.45, 7) is 6.63. The van der Waals surface area contributed by atoms with Crippen molar-refractivity contribution in [2.24, 2.45) is 5.92 Å². The van der Waals surface area contributed by atoms with Crippen molar-refractivity contribution in [1.29, 1.82) is 0 Å². The Labute approximate surface area is 161 Å². The van der Waals surface area contributed by atoms with Crippen molar-refractivity contribution in [3.8, 4) is 0 Å². The van der Waals surface area contributed by atoms with Gasteiger partial charge in [0.1, 0.15) is 5.01 Å². The zero-order chi connectivity index (χ0) is 18.9. The van der Waals surface area contributed by atoms with Gasteiger partial charge in [0.05, 0.1) is 5.92 Å². The van der Waals surface area contributed by atoms with E-state index in [1.54, 1.807) is 29.2 Å². The van der Waals surface area contributed by atoms with Crippen molar-refractivity contribution < 1.29 is 9.59 Å². The van der Waals surface area contributed by atoms with E-state index in [1.165, 1.54) is 11.3 Å². The van der Waals surface area contributed by atoms with Crippen molar-refractivity contribution in [3.63, 3.8) is 0 Å². The highest BCUT2D eigenvalue weighted by Crippen LogP contribution is 2.32. The maximum atomic E-state index is 12.5. The number of hydrogen-bond acceptors (Lipinski definition) is 5. The molecular weight excluding hydrogens is 372 g/mol. The molecule has 1 aliphatic heterocycles.